The molecule has 1 saturated carbocycles. The van der Waals surface area contributed by atoms with Crippen LogP contribution in [0.3, 0.4) is 0 Å². The molecule has 128 valence electrons. The zero-order valence-corrected chi connectivity index (χ0v) is 14.9. The van der Waals surface area contributed by atoms with E-state index in [4.69, 9.17) is 5.73 Å². The van der Waals surface area contributed by atoms with Gasteiger partial charge in [-0.2, -0.15) is 0 Å². The first-order valence-electron chi connectivity index (χ1n) is 8.87. The third-order valence-corrected chi connectivity index (χ3v) is 5.67. The fraction of sp³-hybridized carbons (Fsp3) is 0.941. The summed E-state index contributed by atoms with van der Waals surface area (Å²) in [6.07, 6.45) is 8.27. The van der Waals surface area contributed by atoms with Crippen LogP contribution in [-0.2, 0) is 4.79 Å². The SMILES string of the molecule is CCCC(C)(N)C(=O)N1CCC2C(CCCN2C2CC2)C1.Cl. The lowest BCUT2D eigenvalue weighted by atomic mass is 9.82. The Labute approximate surface area is 141 Å². The van der Waals surface area contributed by atoms with Gasteiger partial charge in [0.05, 0.1) is 5.54 Å². The Morgan fingerprint density at radius 1 is 1.23 bits per heavy atom. The van der Waals surface area contributed by atoms with Crippen molar-refractivity contribution in [1.29, 1.82) is 0 Å². The fourth-order valence-electron chi connectivity index (χ4n) is 4.47. The highest BCUT2D eigenvalue weighted by molar-refractivity contribution is 5.86. The van der Waals surface area contributed by atoms with Crippen molar-refractivity contribution in [3.8, 4) is 0 Å². The maximum atomic E-state index is 12.7. The molecule has 2 N–H and O–H groups in total. The van der Waals surface area contributed by atoms with Gasteiger partial charge in [-0.15, -0.1) is 12.4 Å². The predicted octanol–water partition coefficient (Wildman–Crippen LogP) is 2.40. The van der Waals surface area contributed by atoms with Crippen LogP contribution in [0.2, 0.25) is 0 Å². The number of nitrogens with two attached hydrogens (primary N) is 1. The number of fused-ring (bicyclic) bond motifs is 1. The van der Waals surface area contributed by atoms with Crippen molar-refractivity contribution in [1.82, 2.24) is 9.80 Å². The number of nitrogens with zero attached hydrogens (tertiary/aromatic N) is 2. The van der Waals surface area contributed by atoms with E-state index in [9.17, 15) is 4.79 Å². The Morgan fingerprint density at radius 3 is 2.59 bits per heavy atom. The Bertz CT molecular complexity index is 397. The average Bonchev–Trinajstić information content (AvgIpc) is 3.29. The van der Waals surface area contributed by atoms with Gasteiger partial charge in [-0.25, -0.2) is 0 Å². The normalized spacial score (nSPS) is 31.9. The van der Waals surface area contributed by atoms with E-state index < -0.39 is 5.54 Å². The average molecular weight is 330 g/mol. The first-order valence-corrected chi connectivity index (χ1v) is 8.87. The summed E-state index contributed by atoms with van der Waals surface area (Å²) < 4.78 is 0. The second kappa shape index (κ2) is 7.06. The van der Waals surface area contributed by atoms with Crippen molar-refractivity contribution >= 4 is 18.3 Å². The molecule has 3 aliphatic rings. The van der Waals surface area contributed by atoms with Gasteiger partial charge in [-0.05, 0) is 57.9 Å². The van der Waals surface area contributed by atoms with Gasteiger partial charge < -0.3 is 10.6 Å². The molecular formula is C17H32ClN3O. The number of likely N-dealkylation sites (tertiary alicyclic amines) is 2. The quantitative estimate of drug-likeness (QED) is 0.861. The van der Waals surface area contributed by atoms with Crippen LogP contribution in [0, 0.1) is 5.92 Å². The second-order valence-corrected chi connectivity index (χ2v) is 7.65. The number of hydrogen-bond acceptors (Lipinski definition) is 3. The lowest BCUT2D eigenvalue weighted by Crippen LogP contribution is -2.60. The summed E-state index contributed by atoms with van der Waals surface area (Å²) in [6.45, 7) is 7.12. The third kappa shape index (κ3) is 3.60. The second-order valence-electron chi connectivity index (χ2n) is 7.65. The molecule has 22 heavy (non-hydrogen) atoms. The minimum atomic E-state index is -0.674. The Hall–Kier alpha value is -0.320. The Kier molecular flexibility index (Phi) is 5.79. The van der Waals surface area contributed by atoms with Crippen LogP contribution in [0.25, 0.3) is 0 Å². The summed E-state index contributed by atoms with van der Waals surface area (Å²) in [4.78, 5) is 17.5. The molecule has 3 unspecified atom stereocenters. The predicted molar refractivity (Wildman–Crippen MR) is 92.2 cm³/mol. The summed E-state index contributed by atoms with van der Waals surface area (Å²) >= 11 is 0. The van der Waals surface area contributed by atoms with E-state index in [1.807, 2.05) is 6.92 Å². The Balaban J connectivity index is 0.00000176. The van der Waals surface area contributed by atoms with Crippen LogP contribution in [0.1, 0.15) is 58.8 Å². The molecule has 4 nitrogen and oxygen atoms in total. The molecule has 3 fully saturated rings. The van der Waals surface area contributed by atoms with Gasteiger partial charge in [0, 0.05) is 25.2 Å². The number of carbonyl (C=O) groups is 1. The summed E-state index contributed by atoms with van der Waals surface area (Å²) in [6, 6.07) is 1.59. The first kappa shape index (κ1) is 18.0. The van der Waals surface area contributed by atoms with Gasteiger partial charge >= 0.3 is 0 Å². The van der Waals surface area contributed by atoms with Crippen LogP contribution in [0.4, 0.5) is 0 Å². The maximum Gasteiger partial charge on any atom is 0.242 e. The van der Waals surface area contributed by atoms with E-state index >= 15 is 0 Å². The van der Waals surface area contributed by atoms with Crippen LogP contribution in [0.5, 0.6) is 0 Å². The molecule has 2 saturated heterocycles. The number of amides is 1. The molecule has 1 amide bonds. The largest absolute Gasteiger partial charge is 0.341 e. The van der Waals surface area contributed by atoms with Gasteiger partial charge in [0.2, 0.25) is 5.91 Å². The topological polar surface area (TPSA) is 49.6 Å². The van der Waals surface area contributed by atoms with Gasteiger partial charge in [-0.1, -0.05) is 13.3 Å². The smallest absolute Gasteiger partial charge is 0.242 e. The van der Waals surface area contributed by atoms with Crippen molar-refractivity contribution in [2.75, 3.05) is 19.6 Å². The number of halogens is 1. The minimum Gasteiger partial charge on any atom is -0.341 e. The van der Waals surface area contributed by atoms with E-state index in [0.29, 0.717) is 5.92 Å². The third-order valence-electron chi connectivity index (χ3n) is 5.67. The molecule has 2 heterocycles. The minimum absolute atomic E-state index is 0. The van der Waals surface area contributed by atoms with Crippen LogP contribution < -0.4 is 5.73 Å². The van der Waals surface area contributed by atoms with Crippen LogP contribution in [0.15, 0.2) is 0 Å². The van der Waals surface area contributed by atoms with Gasteiger partial charge in [0.1, 0.15) is 0 Å². The summed E-state index contributed by atoms with van der Waals surface area (Å²) in [5.41, 5.74) is 5.58. The summed E-state index contributed by atoms with van der Waals surface area (Å²) in [7, 11) is 0. The number of hydrogen-bond donors (Lipinski definition) is 1. The van der Waals surface area contributed by atoms with Crippen LogP contribution in [-0.4, -0.2) is 53.0 Å². The Morgan fingerprint density at radius 2 is 1.95 bits per heavy atom. The molecule has 3 atom stereocenters. The van der Waals surface area contributed by atoms with Gasteiger partial charge in [0.25, 0.3) is 0 Å². The van der Waals surface area contributed by atoms with Gasteiger partial charge in [0.15, 0.2) is 0 Å². The molecule has 0 spiro atoms. The molecule has 2 aliphatic heterocycles. The maximum absolute atomic E-state index is 12.7. The molecule has 0 aromatic carbocycles. The standard InChI is InChI=1S/C17H31N3O.ClH/c1-3-9-17(2,18)16(21)19-11-8-15-13(12-19)5-4-10-20(15)14-6-7-14;/h13-15H,3-12,18H2,1-2H3;1H. The number of rotatable bonds is 4. The zero-order chi connectivity index (χ0) is 15.0. The van der Waals surface area contributed by atoms with Crippen molar-refractivity contribution in [3.63, 3.8) is 0 Å². The number of piperidine rings is 2. The molecule has 0 aromatic heterocycles. The van der Waals surface area contributed by atoms with E-state index in [2.05, 4.69) is 16.7 Å². The van der Waals surface area contributed by atoms with Crippen molar-refractivity contribution in [2.24, 2.45) is 11.7 Å². The molecule has 3 rings (SSSR count). The molecular weight excluding hydrogens is 298 g/mol. The number of carbonyl (C=O) groups excluding carboxylic acids is 1. The summed E-state index contributed by atoms with van der Waals surface area (Å²) in [5, 5.41) is 0. The van der Waals surface area contributed by atoms with Crippen LogP contribution >= 0.6 is 12.4 Å². The highest BCUT2D eigenvalue weighted by atomic mass is 35.5. The fourth-order valence-corrected chi connectivity index (χ4v) is 4.47. The molecule has 0 bridgehead atoms. The lowest BCUT2D eigenvalue weighted by molar-refractivity contribution is -0.140. The molecule has 0 aromatic rings. The van der Waals surface area contributed by atoms with Gasteiger partial charge in [-0.3, -0.25) is 9.69 Å². The van der Waals surface area contributed by atoms with Crippen molar-refractivity contribution < 1.29 is 4.79 Å². The van der Waals surface area contributed by atoms with E-state index in [0.717, 1.165) is 44.4 Å². The molecule has 5 heteroatoms. The highest BCUT2D eigenvalue weighted by Gasteiger charge is 2.44. The molecule has 0 radical (unpaired) electrons. The van der Waals surface area contributed by atoms with Crippen molar-refractivity contribution in [3.05, 3.63) is 0 Å². The summed E-state index contributed by atoms with van der Waals surface area (Å²) in [5.74, 6) is 0.848. The van der Waals surface area contributed by atoms with E-state index in [1.54, 1.807) is 0 Å². The monoisotopic (exact) mass is 329 g/mol. The van der Waals surface area contributed by atoms with E-state index in [1.165, 1.54) is 32.2 Å². The molecule has 1 aliphatic carbocycles. The first-order chi connectivity index (χ1) is 10.0. The van der Waals surface area contributed by atoms with Crippen molar-refractivity contribution in [2.45, 2.75) is 76.4 Å². The lowest BCUT2D eigenvalue weighted by Gasteiger charge is -2.48. The highest BCUT2D eigenvalue weighted by Crippen LogP contribution is 2.38. The van der Waals surface area contributed by atoms with E-state index in [-0.39, 0.29) is 18.3 Å². The zero-order valence-electron chi connectivity index (χ0n) is 14.1.